The SMILES string of the molecule is CN1CCC[C@H](N(C(=O)c2ccc(Cl)cc2Cl)c2cc(C#CC(C)(C)C)sc2C(=O)O)C1=O. The van der Waals surface area contributed by atoms with Crippen LogP contribution in [0.2, 0.25) is 10.0 Å². The highest BCUT2D eigenvalue weighted by atomic mass is 35.5. The summed E-state index contributed by atoms with van der Waals surface area (Å²) in [5.41, 5.74) is -0.0237. The zero-order valence-corrected chi connectivity index (χ0v) is 21.1. The maximum absolute atomic E-state index is 13.7. The lowest BCUT2D eigenvalue weighted by atomic mass is 9.98. The van der Waals surface area contributed by atoms with Crippen molar-refractivity contribution in [2.45, 2.75) is 39.7 Å². The van der Waals surface area contributed by atoms with Gasteiger partial charge in [0.15, 0.2) is 0 Å². The smallest absolute Gasteiger partial charge is 0.348 e. The van der Waals surface area contributed by atoms with E-state index in [1.54, 1.807) is 18.0 Å². The van der Waals surface area contributed by atoms with Gasteiger partial charge >= 0.3 is 5.97 Å². The molecule has 2 amide bonds. The summed E-state index contributed by atoms with van der Waals surface area (Å²) in [4.78, 5) is 42.2. The Morgan fingerprint density at radius 1 is 1.24 bits per heavy atom. The average Bonchev–Trinajstić information content (AvgIpc) is 3.13. The van der Waals surface area contributed by atoms with Crippen LogP contribution in [0, 0.1) is 17.3 Å². The van der Waals surface area contributed by atoms with Crippen LogP contribution in [0.4, 0.5) is 5.69 Å². The first-order chi connectivity index (χ1) is 15.4. The molecule has 1 aliphatic heterocycles. The number of carbonyl (C=O) groups is 3. The van der Waals surface area contributed by atoms with Crippen LogP contribution < -0.4 is 4.90 Å². The number of hydrogen-bond donors (Lipinski definition) is 1. The van der Waals surface area contributed by atoms with Crippen LogP contribution in [0.15, 0.2) is 24.3 Å². The van der Waals surface area contributed by atoms with Crippen molar-refractivity contribution in [1.29, 1.82) is 0 Å². The number of carboxylic acids is 1. The monoisotopic (exact) mass is 506 g/mol. The summed E-state index contributed by atoms with van der Waals surface area (Å²) >= 11 is 13.3. The molecule has 2 heterocycles. The van der Waals surface area contributed by atoms with Crippen molar-refractivity contribution in [2.24, 2.45) is 5.41 Å². The molecular formula is C24H24Cl2N2O4S. The molecule has 1 aliphatic rings. The summed E-state index contributed by atoms with van der Waals surface area (Å²) in [5, 5.41) is 10.4. The third kappa shape index (κ3) is 5.70. The number of likely N-dealkylation sites (N-methyl/N-ethyl adjacent to an activating group) is 1. The van der Waals surface area contributed by atoms with Crippen LogP contribution in [-0.2, 0) is 4.79 Å². The van der Waals surface area contributed by atoms with Crippen molar-refractivity contribution in [3.05, 3.63) is 49.6 Å². The first-order valence-corrected chi connectivity index (χ1v) is 11.9. The molecule has 1 atom stereocenters. The summed E-state index contributed by atoms with van der Waals surface area (Å²) in [6.07, 6.45) is 1.08. The van der Waals surface area contributed by atoms with Crippen LogP contribution in [0.1, 0.15) is 58.5 Å². The molecule has 1 N–H and O–H groups in total. The number of likely N-dealkylation sites (tertiary alicyclic amines) is 1. The van der Waals surface area contributed by atoms with Crippen LogP contribution in [-0.4, -0.2) is 47.4 Å². The number of rotatable bonds is 4. The molecule has 9 heteroatoms. The lowest BCUT2D eigenvalue weighted by molar-refractivity contribution is -0.133. The van der Waals surface area contributed by atoms with Crippen LogP contribution in [0.25, 0.3) is 0 Å². The number of carbonyl (C=O) groups excluding carboxylic acids is 2. The normalized spacial score (nSPS) is 16.2. The minimum atomic E-state index is -1.20. The molecule has 1 aromatic heterocycles. The second-order valence-electron chi connectivity index (χ2n) is 8.85. The summed E-state index contributed by atoms with van der Waals surface area (Å²) in [6, 6.07) is 5.15. The first-order valence-electron chi connectivity index (χ1n) is 10.3. The van der Waals surface area contributed by atoms with Gasteiger partial charge in [-0.1, -0.05) is 35.0 Å². The van der Waals surface area contributed by atoms with Gasteiger partial charge in [0.05, 0.1) is 21.2 Å². The number of carboxylic acid groups (broad SMARTS) is 1. The quantitative estimate of drug-likeness (QED) is 0.561. The molecule has 174 valence electrons. The van der Waals surface area contributed by atoms with Crippen LogP contribution in [0.3, 0.4) is 0 Å². The van der Waals surface area contributed by atoms with E-state index in [0.717, 1.165) is 11.3 Å². The number of aromatic carboxylic acids is 1. The number of piperidine rings is 1. The lowest BCUT2D eigenvalue weighted by Gasteiger charge is -2.37. The second-order valence-corrected chi connectivity index (χ2v) is 10.7. The third-order valence-electron chi connectivity index (χ3n) is 5.05. The van der Waals surface area contributed by atoms with Gasteiger partial charge in [0.25, 0.3) is 5.91 Å². The Balaban J connectivity index is 2.20. The van der Waals surface area contributed by atoms with E-state index in [2.05, 4.69) is 11.8 Å². The van der Waals surface area contributed by atoms with E-state index in [1.807, 2.05) is 20.8 Å². The highest BCUT2D eigenvalue weighted by Crippen LogP contribution is 2.36. The maximum Gasteiger partial charge on any atom is 0.348 e. The molecule has 1 saturated heterocycles. The Morgan fingerprint density at radius 2 is 1.94 bits per heavy atom. The Morgan fingerprint density at radius 3 is 2.55 bits per heavy atom. The molecule has 33 heavy (non-hydrogen) atoms. The number of hydrogen-bond acceptors (Lipinski definition) is 4. The van der Waals surface area contributed by atoms with E-state index in [9.17, 15) is 19.5 Å². The minimum Gasteiger partial charge on any atom is -0.477 e. The van der Waals surface area contributed by atoms with Gasteiger partial charge in [-0.15, -0.1) is 11.3 Å². The molecule has 0 unspecified atom stereocenters. The van der Waals surface area contributed by atoms with Gasteiger partial charge < -0.3 is 10.0 Å². The van der Waals surface area contributed by atoms with Crippen LogP contribution in [0.5, 0.6) is 0 Å². The van der Waals surface area contributed by atoms with Crippen molar-refractivity contribution >= 4 is 58.0 Å². The van der Waals surface area contributed by atoms with Crippen molar-refractivity contribution in [3.8, 4) is 11.8 Å². The van der Waals surface area contributed by atoms with Gasteiger partial charge in [-0.05, 0) is 57.9 Å². The van der Waals surface area contributed by atoms with Crippen molar-refractivity contribution in [2.75, 3.05) is 18.5 Å². The van der Waals surface area contributed by atoms with Crippen LogP contribution >= 0.6 is 34.5 Å². The molecule has 0 radical (unpaired) electrons. The van der Waals surface area contributed by atoms with Gasteiger partial charge in [0.2, 0.25) is 5.91 Å². The lowest BCUT2D eigenvalue weighted by Crippen LogP contribution is -2.53. The fraction of sp³-hybridized carbons (Fsp3) is 0.375. The zero-order valence-electron chi connectivity index (χ0n) is 18.7. The Bertz CT molecular complexity index is 1170. The molecule has 6 nitrogen and oxygen atoms in total. The van der Waals surface area contributed by atoms with E-state index in [4.69, 9.17) is 23.2 Å². The molecule has 1 fully saturated rings. The minimum absolute atomic E-state index is 0.0623. The molecule has 3 rings (SSSR count). The average molecular weight is 507 g/mol. The number of halogens is 2. The number of amides is 2. The van der Waals surface area contributed by atoms with Crippen molar-refractivity contribution in [1.82, 2.24) is 4.90 Å². The Hall–Kier alpha value is -2.53. The van der Waals surface area contributed by atoms with E-state index in [1.165, 1.54) is 23.1 Å². The predicted octanol–water partition coefficient (Wildman–Crippen LogP) is 5.42. The molecule has 2 aromatic rings. The largest absolute Gasteiger partial charge is 0.477 e. The summed E-state index contributed by atoms with van der Waals surface area (Å²) < 4.78 is 0. The van der Waals surface area contributed by atoms with E-state index < -0.39 is 17.9 Å². The van der Waals surface area contributed by atoms with Gasteiger partial charge in [0, 0.05) is 24.0 Å². The standard InChI is InChI=1S/C24H24Cl2N2O4S/c1-24(2,3)10-9-15-13-19(20(33-15)23(31)32)28(18-6-5-11-27(4)22(18)30)21(29)16-8-7-14(25)12-17(16)26/h7-8,12-13,18H,5-6,11H2,1-4H3,(H,31,32)/t18-/m0/s1. The molecular weight excluding hydrogens is 483 g/mol. The highest BCUT2D eigenvalue weighted by molar-refractivity contribution is 7.15. The van der Waals surface area contributed by atoms with Crippen molar-refractivity contribution < 1.29 is 19.5 Å². The first kappa shape index (κ1) is 25.1. The fourth-order valence-electron chi connectivity index (χ4n) is 3.49. The summed E-state index contributed by atoms with van der Waals surface area (Å²) in [5.74, 6) is 4.06. The molecule has 0 aliphatic carbocycles. The van der Waals surface area contributed by atoms with E-state index in [-0.39, 0.29) is 32.5 Å². The maximum atomic E-state index is 13.7. The van der Waals surface area contributed by atoms with Gasteiger partial charge in [-0.25, -0.2) is 4.79 Å². The number of benzene rings is 1. The second kappa shape index (κ2) is 9.76. The number of nitrogens with zero attached hydrogens (tertiary/aromatic N) is 2. The van der Waals surface area contributed by atoms with Gasteiger partial charge in [0.1, 0.15) is 10.9 Å². The topological polar surface area (TPSA) is 77.9 Å². The molecule has 0 saturated carbocycles. The predicted molar refractivity (Wildman–Crippen MR) is 132 cm³/mol. The summed E-state index contributed by atoms with van der Waals surface area (Å²) in [7, 11) is 1.67. The number of anilines is 1. The molecule has 0 spiro atoms. The van der Waals surface area contributed by atoms with Gasteiger partial charge in [-0.2, -0.15) is 0 Å². The number of thiophene rings is 1. The fourth-order valence-corrected chi connectivity index (χ4v) is 4.82. The molecule has 1 aromatic carbocycles. The Labute approximate surface area is 207 Å². The molecule has 0 bridgehead atoms. The highest BCUT2D eigenvalue weighted by Gasteiger charge is 2.39. The van der Waals surface area contributed by atoms with Crippen molar-refractivity contribution in [3.63, 3.8) is 0 Å². The summed E-state index contributed by atoms with van der Waals surface area (Å²) in [6.45, 7) is 6.40. The van der Waals surface area contributed by atoms with E-state index >= 15 is 0 Å². The van der Waals surface area contributed by atoms with Gasteiger partial charge in [-0.3, -0.25) is 14.5 Å². The third-order valence-corrected chi connectivity index (χ3v) is 6.63. The zero-order chi connectivity index (χ0) is 24.5. The van der Waals surface area contributed by atoms with E-state index in [0.29, 0.717) is 29.3 Å². The Kier molecular flexibility index (Phi) is 7.42.